The van der Waals surface area contributed by atoms with Crippen LogP contribution in [0.3, 0.4) is 0 Å². The maximum absolute atomic E-state index is 11.0. The highest BCUT2D eigenvalue weighted by Crippen LogP contribution is 2.20. The van der Waals surface area contributed by atoms with E-state index in [0.717, 1.165) is 25.0 Å². The number of methoxy groups -OCH3 is 1. The van der Waals surface area contributed by atoms with Crippen LogP contribution in [0.5, 0.6) is 0 Å². The van der Waals surface area contributed by atoms with Crippen LogP contribution in [-0.4, -0.2) is 41.5 Å². The van der Waals surface area contributed by atoms with E-state index < -0.39 is 11.2 Å². The molecule has 0 radical (unpaired) electrons. The molecule has 0 aromatic rings. The molecule has 0 heterocycles. The van der Waals surface area contributed by atoms with Crippen LogP contribution in [0.2, 0.25) is 0 Å². The Hall–Kier alpha value is 0.230. The predicted molar refractivity (Wildman–Crippen MR) is 73.9 cm³/mol. The first kappa shape index (κ1) is 17.2. The van der Waals surface area contributed by atoms with E-state index in [2.05, 4.69) is 27.7 Å². The van der Waals surface area contributed by atoms with Gasteiger partial charge in [0, 0.05) is 7.11 Å². The van der Waals surface area contributed by atoms with Crippen LogP contribution in [0.1, 0.15) is 47.0 Å². The summed E-state index contributed by atoms with van der Waals surface area (Å²) in [5, 5.41) is 0. The van der Waals surface area contributed by atoms with Crippen molar-refractivity contribution in [3.8, 4) is 0 Å². The standard InChI is InChI=1S/C13H28O3S/c1-12(2,15-5)9-10-16-13(3,4)8-7-11-17(6)14/h7-11H2,1-6H3. The zero-order valence-corrected chi connectivity index (χ0v) is 13.0. The zero-order valence-electron chi connectivity index (χ0n) is 12.2. The quantitative estimate of drug-likeness (QED) is 0.601. The van der Waals surface area contributed by atoms with E-state index in [-0.39, 0.29) is 11.2 Å². The Morgan fingerprint density at radius 3 is 2.12 bits per heavy atom. The van der Waals surface area contributed by atoms with E-state index in [9.17, 15) is 4.55 Å². The van der Waals surface area contributed by atoms with Gasteiger partial charge < -0.3 is 14.0 Å². The second-order valence-corrected chi connectivity index (χ2v) is 7.26. The van der Waals surface area contributed by atoms with Gasteiger partial charge in [0.1, 0.15) is 5.75 Å². The molecule has 104 valence electrons. The summed E-state index contributed by atoms with van der Waals surface area (Å²) < 4.78 is 22.2. The van der Waals surface area contributed by atoms with Gasteiger partial charge in [-0.3, -0.25) is 0 Å². The maximum atomic E-state index is 11.0. The Balaban J connectivity index is 3.78. The molecule has 0 spiro atoms. The molecule has 0 rings (SSSR count). The first-order valence-corrected chi connectivity index (χ1v) is 7.90. The van der Waals surface area contributed by atoms with Gasteiger partial charge in [-0.05, 0) is 47.0 Å². The zero-order chi connectivity index (χ0) is 13.5. The largest absolute Gasteiger partial charge is 0.617 e. The van der Waals surface area contributed by atoms with Crippen LogP contribution in [0.15, 0.2) is 0 Å². The minimum absolute atomic E-state index is 0.124. The van der Waals surface area contributed by atoms with Crippen molar-refractivity contribution in [1.29, 1.82) is 0 Å². The van der Waals surface area contributed by atoms with Crippen molar-refractivity contribution in [3.63, 3.8) is 0 Å². The highest BCUT2D eigenvalue weighted by Gasteiger charge is 2.22. The Kier molecular flexibility index (Phi) is 7.72. The van der Waals surface area contributed by atoms with Crippen molar-refractivity contribution >= 4 is 11.2 Å². The first-order valence-electron chi connectivity index (χ1n) is 6.18. The van der Waals surface area contributed by atoms with Crippen molar-refractivity contribution < 1.29 is 14.0 Å². The van der Waals surface area contributed by atoms with E-state index in [4.69, 9.17) is 9.47 Å². The molecular formula is C13H28O3S. The van der Waals surface area contributed by atoms with Gasteiger partial charge in [-0.15, -0.1) is 0 Å². The second-order valence-electron chi connectivity index (χ2n) is 5.70. The minimum Gasteiger partial charge on any atom is -0.617 e. The van der Waals surface area contributed by atoms with Crippen LogP contribution < -0.4 is 0 Å². The Labute approximate surface area is 109 Å². The predicted octanol–water partition coefficient (Wildman–Crippen LogP) is 2.76. The second kappa shape index (κ2) is 7.62. The van der Waals surface area contributed by atoms with Gasteiger partial charge in [0.25, 0.3) is 0 Å². The van der Waals surface area contributed by atoms with E-state index >= 15 is 0 Å². The lowest BCUT2D eigenvalue weighted by Crippen LogP contribution is -2.30. The molecule has 4 heteroatoms. The molecule has 0 fully saturated rings. The Morgan fingerprint density at radius 1 is 1.06 bits per heavy atom. The van der Waals surface area contributed by atoms with Gasteiger partial charge in [-0.25, -0.2) is 0 Å². The van der Waals surface area contributed by atoms with Crippen molar-refractivity contribution in [2.45, 2.75) is 58.2 Å². The number of hydrogen-bond acceptors (Lipinski definition) is 3. The lowest BCUT2D eigenvalue weighted by atomic mass is 10.0. The number of hydrogen-bond donors (Lipinski definition) is 0. The normalized spacial score (nSPS) is 15.0. The summed E-state index contributed by atoms with van der Waals surface area (Å²) >= 11 is -0.697. The Morgan fingerprint density at radius 2 is 1.65 bits per heavy atom. The smallest absolute Gasteiger partial charge is 0.105 e. The lowest BCUT2D eigenvalue weighted by Gasteiger charge is -2.28. The van der Waals surface area contributed by atoms with Gasteiger partial charge in [0.05, 0.1) is 24.1 Å². The summed E-state index contributed by atoms with van der Waals surface area (Å²) in [6, 6.07) is 0. The summed E-state index contributed by atoms with van der Waals surface area (Å²) in [6.45, 7) is 8.99. The molecule has 0 aliphatic rings. The van der Waals surface area contributed by atoms with Gasteiger partial charge in [-0.1, -0.05) is 11.2 Å². The average molecular weight is 264 g/mol. The fourth-order valence-electron chi connectivity index (χ4n) is 1.45. The highest BCUT2D eigenvalue weighted by atomic mass is 32.2. The number of ether oxygens (including phenoxy) is 2. The van der Waals surface area contributed by atoms with Crippen molar-refractivity contribution in [3.05, 3.63) is 0 Å². The molecule has 17 heavy (non-hydrogen) atoms. The molecule has 3 nitrogen and oxygen atoms in total. The molecule has 0 bridgehead atoms. The fourth-order valence-corrected chi connectivity index (χ4v) is 2.00. The third-order valence-corrected chi connectivity index (χ3v) is 3.82. The third kappa shape index (κ3) is 9.89. The van der Waals surface area contributed by atoms with Crippen LogP contribution in [0.4, 0.5) is 0 Å². The summed E-state index contributed by atoms with van der Waals surface area (Å²) in [7, 11) is 1.72. The van der Waals surface area contributed by atoms with Gasteiger partial charge in [0.15, 0.2) is 0 Å². The SMILES string of the molecule is COC(C)(C)CCOC(C)(C)CCC[S+](C)[O-]. The van der Waals surface area contributed by atoms with Crippen molar-refractivity contribution in [1.82, 2.24) is 0 Å². The fraction of sp³-hybridized carbons (Fsp3) is 1.00. The molecule has 0 aromatic heterocycles. The molecule has 0 aliphatic carbocycles. The van der Waals surface area contributed by atoms with E-state index in [1.807, 2.05) is 0 Å². The minimum atomic E-state index is -0.697. The summed E-state index contributed by atoms with van der Waals surface area (Å²) in [5.41, 5.74) is -0.260. The topological polar surface area (TPSA) is 41.5 Å². The summed E-state index contributed by atoms with van der Waals surface area (Å²) in [5.74, 6) is 0.760. The summed E-state index contributed by atoms with van der Waals surface area (Å²) in [4.78, 5) is 0. The molecule has 0 N–H and O–H groups in total. The molecule has 0 amide bonds. The average Bonchev–Trinajstić information content (AvgIpc) is 2.16. The van der Waals surface area contributed by atoms with Crippen LogP contribution >= 0.6 is 0 Å². The molecule has 0 aliphatic heterocycles. The Bertz CT molecular complexity index is 203. The van der Waals surface area contributed by atoms with Gasteiger partial charge >= 0.3 is 0 Å². The monoisotopic (exact) mass is 264 g/mol. The molecule has 0 saturated heterocycles. The van der Waals surface area contributed by atoms with Crippen LogP contribution in [-0.2, 0) is 20.6 Å². The third-order valence-electron chi connectivity index (χ3n) is 2.96. The van der Waals surface area contributed by atoms with Gasteiger partial charge in [-0.2, -0.15) is 0 Å². The highest BCUT2D eigenvalue weighted by molar-refractivity contribution is 7.90. The van der Waals surface area contributed by atoms with E-state index in [1.165, 1.54) is 0 Å². The molecular weight excluding hydrogens is 236 g/mol. The molecule has 1 unspecified atom stereocenters. The molecule has 0 aromatic carbocycles. The van der Waals surface area contributed by atoms with Gasteiger partial charge in [0.2, 0.25) is 0 Å². The van der Waals surface area contributed by atoms with E-state index in [1.54, 1.807) is 13.4 Å². The van der Waals surface area contributed by atoms with Crippen molar-refractivity contribution in [2.24, 2.45) is 0 Å². The lowest BCUT2D eigenvalue weighted by molar-refractivity contribution is -0.0611. The van der Waals surface area contributed by atoms with Crippen LogP contribution in [0.25, 0.3) is 0 Å². The first-order chi connectivity index (χ1) is 7.68. The number of rotatable bonds is 9. The summed E-state index contributed by atoms with van der Waals surface area (Å²) in [6.07, 6.45) is 4.52. The maximum Gasteiger partial charge on any atom is 0.105 e. The molecule has 0 saturated carbocycles. The van der Waals surface area contributed by atoms with E-state index in [0.29, 0.717) is 6.61 Å². The molecule has 1 atom stereocenters. The van der Waals surface area contributed by atoms with Crippen LogP contribution in [0, 0.1) is 0 Å². The van der Waals surface area contributed by atoms with Crippen molar-refractivity contribution in [2.75, 3.05) is 25.7 Å².